The normalized spacial score (nSPS) is 10.8. The summed E-state index contributed by atoms with van der Waals surface area (Å²) in [5.41, 5.74) is 1.93. The molecule has 0 aliphatic heterocycles. The summed E-state index contributed by atoms with van der Waals surface area (Å²) in [6.07, 6.45) is 2.00. The SMILES string of the molecule is Clc1ncnc(Cl)c1Cc1cccc2ccccc12. The molecule has 3 aromatic rings. The highest BCUT2D eigenvalue weighted by Gasteiger charge is 2.10. The van der Waals surface area contributed by atoms with E-state index in [1.807, 2.05) is 18.2 Å². The Balaban J connectivity index is 2.11. The summed E-state index contributed by atoms with van der Waals surface area (Å²) >= 11 is 12.2. The third-order valence-electron chi connectivity index (χ3n) is 3.09. The summed E-state index contributed by atoms with van der Waals surface area (Å²) in [6.45, 7) is 0. The van der Waals surface area contributed by atoms with Crippen molar-refractivity contribution in [1.82, 2.24) is 9.97 Å². The molecule has 3 rings (SSSR count). The Kier molecular flexibility index (Phi) is 3.36. The van der Waals surface area contributed by atoms with Gasteiger partial charge in [0.1, 0.15) is 16.6 Å². The maximum absolute atomic E-state index is 6.10. The van der Waals surface area contributed by atoms with Crippen molar-refractivity contribution in [2.24, 2.45) is 0 Å². The molecule has 0 aliphatic carbocycles. The van der Waals surface area contributed by atoms with E-state index in [1.165, 1.54) is 17.1 Å². The largest absolute Gasteiger partial charge is 0.224 e. The van der Waals surface area contributed by atoms with Crippen molar-refractivity contribution in [2.75, 3.05) is 0 Å². The second-order valence-corrected chi connectivity index (χ2v) is 4.96. The maximum atomic E-state index is 6.10. The van der Waals surface area contributed by atoms with Crippen molar-refractivity contribution in [3.63, 3.8) is 0 Å². The van der Waals surface area contributed by atoms with Crippen LogP contribution in [0.4, 0.5) is 0 Å². The second-order valence-electron chi connectivity index (χ2n) is 4.25. The Morgan fingerprint density at radius 1 is 0.842 bits per heavy atom. The van der Waals surface area contributed by atoms with Gasteiger partial charge in [0, 0.05) is 12.0 Å². The van der Waals surface area contributed by atoms with Gasteiger partial charge in [-0.2, -0.15) is 0 Å². The van der Waals surface area contributed by atoms with Gasteiger partial charge in [-0.05, 0) is 16.3 Å². The second kappa shape index (κ2) is 5.16. The molecule has 2 nitrogen and oxygen atoms in total. The molecule has 94 valence electrons. The van der Waals surface area contributed by atoms with Crippen LogP contribution in [-0.4, -0.2) is 9.97 Å². The third kappa shape index (κ3) is 2.42. The van der Waals surface area contributed by atoms with Crippen LogP contribution in [0.3, 0.4) is 0 Å². The highest BCUT2D eigenvalue weighted by molar-refractivity contribution is 6.34. The van der Waals surface area contributed by atoms with E-state index in [2.05, 4.69) is 34.2 Å². The number of benzene rings is 2. The van der Waals surface area contributed by atoms with Crippen molar-refractivity contribution in [2.45, 2.75) is 6.42 Å². The number of hydrogen-bond donors (Lipinski definition) is 0. The van der Waals surface area contributed by atoms with Crippen LogP contribution < -0.4 is 0 Å². The molecule has 0 bridgehead atoms. The van der Waals surface area contributed by atoms with Gasteiger partial charge in [0.15, 0.2) is 0 Å². The highest BCUT2D eigenvalue weighted by atomic mass is 35.5. The Bertz CT molecular complexity index is 716. The molecule has 0 saturated heterocycles. The van der Waals surface area contributed by atoms with Gasteiger partial charge in [-0.1, -0.05) is 65.7 Å². The lowest BCUT2D eigenvalue weighted by Gasteiger charge is -2.08. The van der Waals surface area contributed by atoms with Gasteiger partial charge in [0.05, 0.1) is 0 Å². The average Bonchev–Trinajstić information content (AvgIpc) is 2.43. The maximum Gasteiger partial charge on any atom is 0.137 e. The monoisotopic (exact) mass is 288 g/mol. The Morgan fingerprint density at radius 3 is 2.32 bits per heavy atom. The van der Waals surface area contributed by atoms with E-state index in [4.69, 9.17) is 23.2 Å². The molecule has 1 aromatic heterocycles. The van der Waals surface area contributed by atoms with Crippen LogP contribution in [0.1, 0.15) is 11.1 Å². The lowest BCUT2D eigenvalue weighted by Crippen LogP contribution is -1.96. The summed E-state index contributed by atoms with van der Waals surface area (Å²) in [4.78, 5) is 7.97. The zero-order valence-electron chi connectivity index (χ0n) is 9.98. The minimum atomic E-state index is 0.410. The van der Waals surface area contributed by atoms with Gasteiger partial charge in [0.25, 0.3) is 0 Å². The van der Waals surface area contributed by atoms with Crippen LogP contribution in [0.15, 0.2) is 48.8 Å². The van der Waals surface area contributed by atoms with Crippen LogP contribution in [0.25, 0.3) is 10.8 Å². The molecule has 0 atom stereocenters. The van der Waals surface area contributed by atoms with Gasteiger partial charge in [-0.3, -0.25) is 0 Å². The fourth-order valence-electron chi connectivity index (χ4n) is 2.15. The molecule has 1 heterocycles. The van der Waals surface area contributed by atoms with Gasteiger partial charge in [-0.15, -0.1) is 0 Å². The van der Waals surface area contributed by atoms with Crippen molar-refractivity contribution in [1.29, 1.82) is 0 Å². The van der Waals surface area contributed by atoms with E-state index >= 15 is 0 Å². The Labute approximate surface area is 121 Å². The van der Waals surface area contributed by atoms with Gasteiger partial charge >= 0.3 is 0 Å². The molecular weight excluding hydrogens is 279 g/mol. The molecule has 0 aliphatic rings. The number of rotatable bonds is 2. The van der Waals surface area contributed by atoms with Crippen molar-refractivity contribution < 1.29 is 0 Å². The van der Waals surface area contributed by atoms with E-state index in [9.17, 15) is 0 Å². The van der Waals surface area contributed by atoms with Crippen LogP contribution in [0.5, 0.6) is 0 Å². The molecule has 2 aromatic carbocycles. The predicted molar refractivity (Wildman–Crippen MR) is 78.8 cm³/mol. The zero-order chi connectivity index (χ0) is 13.2. The van der Waals surface area contributed by atoms with Crippen molar-refractivity contribution in [3.8, 4) is 0 Å². The van der Waals surface area contributed by atoms with Crippen molar-refractivity contribution in [3.05, 3.63) is 70.2 Å². The first kappa shape index (κ1) is 12.4. The fourth-order valence-corrected chi connectivity index (χ4v) is 2.60. The Hall–Kier alpha value is -1.64. The molecule has 0 radical (unpaired) electrons. The first-order chi connectivity index (χ1) is 9.25. The smallest absolute Gasteiger partial charge is 0.137 e. The van der Waals surface area contributed by atoms with Gasteiger partial charge in [0.2, 0.25) is 0 Å². The lowest BCUT2D eigenvalue weighted by molar-refractivity contribution is 1.08. The first-order valence-corrected chi connectivity index (χ1v) is 6.63. The molecule has 0 spiro atoms. The van der Waals surface area contributed by atoms with E-state index in [0.29, 0.717) is 16.7 Å². The molecule has 0 amide bonds. The lowest BCUT2D eigenvalue weighted by atomic mass is 10.00. The predicted octanol–water partition coefficient (Wildman–Crippen LogP) is 4.53. The highest BCUT2D eigenvalue weighted by Crippen LogP contribution is 2.26. The number of fused-ring (bicyclic) bond motifs is 1. The third-order valence-corrected chi connectivity index (χ3v) is 3.74. The molecular formula is C15H10Cl2N2. The van der Waals surface area contributed by atoms with Gasteiger partial charge in [-0.25, -0.2) is 9.97 Å². The summed E-state index contributed by atoms with van der Waals surface area (Å²) in [5, 5.41) is 3.21. The topological polar surface area (TPSA) is 25.8 Å². The first-order valence-electron chi connectivity index (χ1n) is 5.87. The molecule has 0 N–H and O–H groups in total. The minimum Gasteiger partial charge on any atom is -0.224 e. The average molecular weight is 289 g/mol. The van der Waals surface area contributed by atoms with E-state index in [0.717, 1.165) is 11.1 Å². The van der Waals surface area contributed by atoms with Gasteiger partial charge < -0.3 is 0 Å². The minimum absolute atomic E-state index is 0.410. The number of aromatic nitrogens is 2. The molecule has 4 heteroatoms. The molecule has 0 unspecified atom stereocenters. The van der Waals surface area contributed by atoms with Crippen LogP contribution in [-0.2, 0) is 6.42 Å². The van der Waals surface area contributed by atoms with Crippen molar-refractivity contribution >= 4 is 34.0 Å². The zero-order valence-corrected chi connectivity index (χ0v) is 11.5. The van der Waals surface area contributed by atoms with E-state index < -0.39 is 0 Å². The quantitative estimate of drug-likeness (QED) is 0.648. The molecule has 19 heavy (non-hydrogen) atoms. The molecule has 0 fully saturated rings. The van der Waals surface area contributed by atoms with E-state index in [1.54, 1.807) is 0 Å². The van der Waals surface area contributed by atoms with Crippen LogP contribution >= 0.6 is 23.2 Å². The van der Waals surface area contributed by atoms with Crippen LogP contribution in [0, 0.1) is 0 Å². The fraction of sp³-hybridized carbons (Fsp3) is 0.0667. The standard InChI is InChI=1S/C15H10Cl2N2/c16-14-13(15(17)19-9-18-14)8-11-6-3-5-10-4-1-2-7-12(10)11/h1-7,9H,8H2. The molecule has 0 saturated carbocycles. The number of halogens is 2. The van der Waals surface area contributed by atoms with Crippen LogP contribution in [0.2, 0.25) is 10.3 Å². The van der Waals surface area contributed by atoms with E-state index in [-0.39, 0.29) is 0 Å². The number of hydrogen-bond acceptors (Lipinski definition) is 2. The summed E-state index contributed by atoms with van der Waals surface area (Å²) in [7, 11) is 0. The summed E-state index contributed by atoms with van der Waals surface area (Å²) in [5.74, 6) is 0. The summed E-state index contributed by atoms with van der Waals surface area (Å²) in [6, 6.07) is 14.4. The number of nitrogens with zero attached hydrogens (tertiary/aromatic N) is 2. The summed E-state index contributed by atoms with van der Waals surface area (Å²) < 4.78 is 0. The Morgan fingerprint density at radius 2 is 1.53 bits per heavy atom.